The highest BCUT2D eigenvalue weighted by molar-refractivity contribution is 7.92. The lowest BCUT2D eigenvalue weighted by atomic mass is 10.3. The van der Waals surface area contributed by atoms with Gasteiger partial charge in [-0.25, -0.2) is 16.8 Å². The molecule has 0 aromatic heterocycles. The molecular formula is C10H15NO4S2. The molecule has 0 fully saturated rings. The SMILES string of the molecule is CC(C)S(=O)(=O)c1ccc(NS(C)(=O)=O)cc1. The van der Waals surface area contributed by atoms with Gasteiger partial charge in [-0.1, -0.05) is 0 Å². The van der Waals surface area contributed by atoms with E-state index in [1.54, 1.807) is 13.8 Å². The fourth-order valence-electron chi connectivity index (χ4n) is 1.20. The average molecular weight is 277 g/mol. The fraction of sp³-hybridized carbons (Fsp3) is 0.400. The van der Waals surface area contributed by atoms with Gasteiger partial charge in [0.05, 0.1) is 16.4 Å². The maximum Gasteiger partial charge on any atom is 0.229 e. The topological polar surface area (TPSA) is 80.3 Å². The Labute approximate surface area is 102 Å². The Hall–Kier alpha value is -1.08. The molecular weight excluding hydrogens is 262 g/mol. The van der Waals surface area contributed by atoms with Crippen LogP contribution in [-0.2, 0) is 19.9 Å². The van der Waals surface area contributed by atoms with E-state index in [0.29, 0.717) is 5.69 Å². The molecule has 0 saturated carbocycles. The van der Waals surface area contributed by atoms with Crippen LogP contribution in [0.3, 0.4) is 0 Å². The minimum Gasteiger partial charge on any atom is -0.284 e. The highest BCUT2D eigenvalue weighted by Gasteiger charge is 2.18. The number of rotatable bonds is 4. The Bertz CT molecular complexity index is 586. The highest BCUT2D eigenvalue weighted by Crippen LogP contribution is 2.18. The molecule has 7 heteroatoms. The van der Waals surface area contributed by atoms with E-state index in [-0.39, 0.29) is 4.90 Å². The van der Waals surface area contributed by atoms with E-state index in [0.717, 1.165) is 6.26 Å². The molecule has 0 radical (unpaired) electrons. The molecule has 0 spiro atoms. The van der Waals surface area contributed by atoms with Crippen molar-refractivity contribution in [2.75, 3.05) is 11.0 Å². The molecule has 0 bridgehead atoms. The van der Waals surface area contributed by atoms with E-state index in [1.807, 2.05) is 0 Å². The van der Waals surface area contributed by atoms with Gasteiger partial charge < -0.3 is 0 Å². The fourth-order valence-corrected chi connectivity index (χ4v) is 2.82. The first-order valence-electron chi connectivity index (χ1n) is 4.94. The first-order chi connectivity index (χ1) is 7.63. The van der Waals surface area contributed by atoms with Crippen molar-refractivity contribution >= 4 is 25.5 Å². The van der Waals surface area contributed by atoms with E-state index in [2.05, 4.69) is 4.72 Å². The van der Waals surface area contributed by atoms with Gasteiger partial charge in [0.15, 0.2) is 9.84 Å². The van der Waals surface area contributed by atoms with Crippen LogP contribution in [0.5, 0.6) is 0 Å². The summed E-state index contributed by atoms with van der Waals surface area (Å²) in [5.74, 6) is 0. The molecule has 96 valence electrons. The van der Waals surface area contributed by atoms with Gasteiger partial charge in [-0.15, -0.1) is 0 Å². The summed E-state index contributed by atoms with van der Waals surface area (Å²) in [5.41, 5.74) is 0.343. The highest BCUT2D eigenvalue weighted by atomic mass is 32.2. The standard InChI is InChI=1S/C10H15NO4S2/c1-8(2)17(14,15)10-6-4-9(5-7-10)11-16(3,12)13/h4-8,11H,1-3H3. The molecule has 1 aromatic rings. The Kier molecular flexibility index (Phi) is 3.83. The molecule has 0 aliphatic heterocycles. The van der Waals surface area contributed by atoms with E-state index >= 15 is 0 Å². The van der Waals surface area contributed by atoms with Crippen LogP contribution in [-0.4, -0.2) is 28.3 Å². The van der Waals surface area contributed by atoms with Crippen LogP contribution in [0, 0.1) is 0 Å². The molecule has 0 amide bonds. The molecule has 17 heavy (non-hydrogen) atoms. The van der Waals surface area contributed by atoms with Crippen molar-refractivity contribution < 1.29 is 16.8 Å². The zero-order chi connectivity index (χ0) is 13.3. The summed E-state index contributed by atoms with van der Waals surface area (Å²) in [6.45, 7) is 3.19. The number of hydrogen-bond donors (Lipinski definition) is 1. The third-order valence-corrected chi connectivity index (χ3v) is 4.88. The zero-order valence-electron chi connectivity index (χ0n) is 9.84. The van der Waals surface area contributed by atoms with Crippen molar-refractivity contribution in [1.82, 2.24) is 0 Å². The van der Waals surface area contributed by atoms with Crippen LogP contribution in [0.15, 0.2) is 29.2 Å². The van der Waals surface area contributed by atoms with Gasteiger partial charge in [-0.3, -0.25) is 4.72 Å². The number of sulfone groups is 1. The van der Waals surface area contributed by atoms with E-state index in [4.69, 9.17) is 0 Å². The smallest absolute Gasteiger partial charge is 0.229 e. The Morgan fingerprint density at radius 1 is 1.00 bits per heavy atom. The van der Waals surface area contributed by atoms with E-state index in [9.17, 15) is 16.8 Å². The second kappa shape index (κ2) is 4.66. The van der Waals surface area contributed by atoms with Crippen LogP contribution in [0.4, 0.5) is 5.69 Å². The molecule has 1 N–H and O–H groups in total. The molecule has 0 aliphatic carbocycles. The van der Waals surface area contributed by atoms with Gasteiger partial charge in [0.25, 0.3) is 0 Å². The van der Waals surface area contributed by atoms with E-state index in [1.165, 1.54) is 24.3 Å². The monoisotopic (exact) mass is 277 g/mol. The van der Waals surface area contributed by atoms with Crippen molar-refractivity contribution in [3.63, 3.8) is 0 Å². The number of anilines is 1. The molecule has 0 aliphatic rings. The van der Waals surface area contributed by atoms with Gasteiger partial charge in [-0.05, 0) is 38.1 Å². The Morgan fingerprint density at radius 3 is 1.82 bits per heavy atom. The predicted octanol–water partition coefficient (Wildman–Crippen LogP) is 1.24. The number of nitrogens with one attached hydrogen (secondary N) is 1. The van der Waals surface area contributed by atoms with Gasteiger partial charge in [0.1, 0.15) is 0 Å². The van der Waals surface area contributed by atoms with Crippen molar-refractivity contribution in [3.05, 3.63) is 24.3 Å². The van der Waals surface area contributed by atoms with Crippen molar-refractivity contribution in [2.24, 2.45) is 0 Å². The maximum absolute atomic E-state index is 11.8. The van der Waals surface area contributed by atoms with Crippen LogP contribution in [0.2, 0.25) is 0 Å². The van der Waals surface area contributed by atoms with Crippen LogP contribution in [0.25, 0.3) is 0 Å². The minimum absolute atomic E-state index is 0.187. The first kappa shape index (κ1) is 14.0. The lowest BCUT2D eigenvalue weighted by molar-refractivity contribution is 0.587. The maximum atomic E-state index is 11.8. The first-order valence-corrected chi connectivity index (χ1v) is 8.38. The molecule has 1 aromatic carbocycles. The van der Waals surface area contributed by atoms with Crippen molar-refractivity contribution in [3.8, 4) is 0 Å². The van der Waals surface area contributed by atoms with Crippen molar-refractivity contribution in [1.29, 1.82) is 0 Å². The van der Waals surface area contributed by atoms with Crippen molar-refractivity contribution in [2.45, 2.75) is 24.0 Å². The largest absolute Gasteiger partial charge is 0.284 e. The number of benzene rings is 1. The number of sulfonamides is 1. The second-order valence-corrected chi connectivity index (χ2v) is 8.25. The minimum atomic E-state index is -3.34. The lowest BCUT2D eigenvalue weighted by Crippen LogP contribution is -2.14. The summed E-state index contributed by atoms with van der Waals surface area (Å²) < 4.78 is 47.8. The summed E-state index contributed by atoms with van der Waals surface area (Å²) in [7, 11) is -6.66. The summed E-state index contributed by atoms with van der Waals surface area (Å²) in [6.07, 6.45) is 1.03. The Morgan fingerprint density at radius 2 is 1.47 bits per heavy atom. The molecule has 0 saturated heterocycles. The molecule has 1 rings (SSSR count). The van der Waals surface area contributed by atoms with E-state index < -0.39 is 25.1 Å². The third-order valence-electron chi connectivity index (χ3n) is 2.11. The molecule has 0 heterocycles. The van der Waals surface area contributed by atoms with Gasteiger partial charge in [-0.2, -0.15) is 0 Å². The molecule has 5 nitrogen and oxygen atoms in total. The second-order valence-electron chi connectivity index (χ2n) is 3.99. The van der Waals surface area contributed by atoms with Crippen LogP contribution >= 0.6 is 0 Å². The summed E-state index contributed by atoms with van der Waals surface area (Å²) in [4.78, 5) is 0.187. The van der Waals surface area contributed by atoms with Gasteiger partial charge >= 0.3 is 0 Å². The summed E-state index contributed by atoms with van der Waals surface area (Å²) in [5, 5.41) is -0.504. The quantitative estimate of drug-likeness (QED) is 0.898. The van der Waals surface area contributed by atoms with Gasteiger partial charge in [0.2, 0.25) is 10.0 Å². The average Bonchev–Trinajstić information content (AvgIpc) is 2.15. The van der Waals surface area contributed by atoms with Crippen LogP contribution < -0.4 is 4.72 Å². The predicted molar refractivity (Wildman–Crippen MR) is 67.2 cm³/mol. The summed E-state index contributed by atoms with van der Waals surface area (Å²) in [6, 6.07) is 5.64. The lowest BCUT2D eigenvalue weighted by Gasteiger charge is -2.09. The zero-order valence-corrected chi connectivity index (χ0v) is 11.5. The number of hydrogen-bond acceptors (Lipinski definition) is 4. The Balaban J connectivity index is 3.05. The molecule has 0 atom stereocenters. The third kappa shape index (κ3) is 3.71. The summed E-state index contributed by atoms with van der Waals surface area (Å²) >= 11 is 0. The molecule has 0 unspecified atom stereocenters. The van der Waals surface area contributed by atoms with Crippen LogP contribution in [0.1, 0.15) is 13.8 Å². The van der Waals surface area contributed by atoms with Gasteiger partial charge in [0, 0.05) is 5.69 Å². The normalized spacial score (nSPS) is 12.7.